The normalized spacial score (nSPS) is 17.1. The summed E-state index contributed by atoms with van der Waals surface area (Å²) in [5, 5.41) is 3.03. The molecule has 1 N–H and O–H groups in total. The van der Waals surface area contributed by atoms with Gasteiger partial charge in [-0.15, -0.1) is 0 Å². The largest absolute Gasteiger partial charge is 0.493 e. The van der Waals surface area contributed by atoms with E-state index >= 15 is 0 Å². The molecule has 0 heterocycles. The lowest BCUT2D eigenvalue weighted by molar-refractivity contribution is -0.125. The van der Waals surface area contributed by atoms with E-state index in [1.54, 1.807) is 14.2 Å². The van der Waals surface area contributed by atoms with Gasteiger partial charge in [0.2, 0.25) is 5.91 Å². The van der Waals surface area contributed by atoms with Gasteiger partial charge in [-0.25, -0.2) is 0 Å². The average Bonchev–Trinajstić information content (AvgIpc) is 2.56. The number of amides is 1. The van der Waals surface area contributed by atoms with Gasteiger partial charge in [0, 0.05) is 16.9 Å². The Morgan fingerprint density at radius 3 is 2.64 bits per heavy atom. The van der Waals surface area contributed by atoms with Crippen molar-refractivity contribution in [1.82, 2.24) is 5.32 Å². The number of nitrogens with one attached hydrogen (secondary N) is 1. The lowest BCUT2D eigenvalue weighted by atomic mass is 9.93. The number of hydrogen-bond donors (Lipinski definition) is 1. The molecule has 1 aromatic carbocycles. The van der Waals surface area contributed by atoms with E-state index in [9.17, 15) is 4.79 Å². The van der Waals surface area contributed by atoms with Gasteiger partial charge in [0.15, 0.2) is 11.5 Å². The van der Waals surface area contributed by atoms with Gasteiger partial charge in [0.1, 0.15) is 0 Å². The summed E-state index contributed by atoms with van der Waals surface area (Å²) in [5.74, 6) is 1.67. The van der Waals surface area contributed by atoms with E-state index < -0.39 is 0 Å². The standard InChI is InChI=1S/C17H22BrNO3/c1-21-15-10-13(14(18)11-16(15)22-2)8-9-19-17(20)12-6-4-3-5-7-12/h3-4,10-12H,5-9H2,1-2H3,(H,19,20). The van der Waals surface area contributed by atoms with Crippen LogP contribution in [0.25, 0.3) is 0 Å². The Morgan fingerprint density at radius 2 is 2.00 bits per heavy atom. The van der Waals surface area contributed by atoms with E-state index in [-0.39, 0.29) is 11.8 Å². The van der Waals surface area contributed by atoms with Crippen molar-refractivity contribution in [2.75, 3.05) is 20.8 Å². The molecule has 0 aromatic heterocycles. The van der Waals surface area contributed by atoms with Crippen LogP contribution in [-0.2, 0) is 11.2 Å². The number of benzene rings is 1. The molecule has 0 aliphatic heterocycles. The van der Waals surface area contributed by atoms with Gasteiger partial charge in [-0.1, -0.05) is 28.1 Å². The molecule has 22 heavy (non-hydrogen) atoms. The van der Waals surface area contributed by atoms with Crippen LogP contribution in [0.3, 0.4) is 0 Å². The zero-order valence-corrected chi connectivity index (χ0v) is 14.6. The first-order chi connectivity index (χ1) is 10.7. The van der Waals surface area contributed by atoms with E-state index in [0.717, 1.165) is 35.7 Å². The number of allylic oxidation sites excluding steroid dienone is 2. The van der Waals surface area contributed by atoms with E-state index in [0.29, 0.717) is 18.0 Å². The first-order valence-corrected chi connectivity index (χ1v) is 8.28. The van der Waals surface area contributed by atoms with Crippen molar-refractivity contribution >= 4 is 21.8 Å². The van der Waals surface area contributed by atoms with E-state index in [1.165, 1.54) is 0 Å². The molecule has 1 aliphatic carbocycles. The number of halogens is 1. The van der Waals surface area contributed by atoms with Crippen LogP contribution in [0.15, 0.2) is 28.8 Å². The third-order valence-corrected chi connectivity index (χ3v) is 4.62. The number of methoxy groups -OCH3 is 2. The molecule has 5 heteroatoms. The molecule has 2 rings (SSSR count). The topological polar surface area (TPSA) is 47.6 Å². The molecule has 1 unspecified atom stereocenters. The Balaban J connectivity index is 1.91. The van der Waals surface area contributed by atoms with Crippen LogP contribution in [0.1, 0.15) is 24.8 Å². The highest BCUT2D eigenvalue weighted by Crippen LogP contribution is 2.33. The van der Waals surface area contributed by atoms with Crippen molar-refractivity contribution in [1.29, 1.82) is 0 Å². The lowest BCUT2D eigenvalue weighted by Gasteiger charge is -2.17. The molecule has 1 atom stereocenters. The highest BCUT2D eigenvalue weighted by Gasteiger charge is 2.18. The maximum Gasteiger partial charge on any atom is 0.223 e. The number of hydrogen-bond acceptors (Lipinski definition) is 3. The minimum atomic E-state index is 0.124. The second-order valence-electron chi connectivity index (χ2n) is 5.32. The quantitative estimate of drug-likeness (QED) is 0.782. The van der Waals surface area contributed by atoms with Crippen LogP contribution in [-0.4, -0.2) is 26.7 Å². The fourth-order valence-electron chi connectivity index (χ4n) is 2.58. The smallest absolute Gasteiger partial charge is 0.223 e. The maximum atomic E-state index is 12.1. The summed E-state index contributed by atoms with van der Waals surface area (Å²) in [6.07, 6.45) is 7.78. The Labute approximate surface area is 140 Å². The number of carbonyl (C=O) groups excluding carboxylic acids is 1. The second-order valence-corrected chi connectivity index (χ2v) is 6.18. The third kappa shape index (κ3) is 4.26. The third-order valence-electron chi connectivity index (χ3n) is 3.89. The maximum absolute atomic E-state index is 12.1. The molecule has 1 aromatic rings. The SMILES string of the molecule is COc1cc(Br)c(CCNC(=O)C2CC=CCC2)cc1OC. The summed E-state index contributed by atoms with van der Waals surface area (Å²) < 4.78 is 11.5. The fourth-order valence-corrected chi connectivity index (χ4v) is 3.10. The van der Waals surface area contributed by atoms with Crippen LogP contribution in [0.2, 0.25) is 0 Å². The minimum absolute atomic E-state index is 0.124. The zero-order valence-electron chi connectivity index (χ0n) is 13.0. The first-order valence-electron chi connectivity index (χ1n) is 7.48. The van der Waals surface area contributed by atoms with Gasteiger partial charge in [-0.3, -0.25) is 4.79 Å². The van der Waals surface area contributed by atoms with Crippen LogP contribution >= 0.6 is 15.9 Å². The van der Waals surface area contributed by atoms with Crippen molar-refractivity contribution in [2.24, 2.45) is 5.92 Å². The van der Waals surface area contributed by atoms with Crippen molar-refractivity contribution < 1.29 is 14.3 Å². The molecule has 1 amide bonds. The predicted molar refractivity (Wildman–Crippen MR) is 90.4 cm³/mol. The van der Waals surface area contributed by atoms with Gasteiger partial charge in [-0.05, 0) is 43.4 Å². The van der Waals surface area contributed by atoms with E-state index in [1.807, 2.05) is 12.1 Å². The summed E-state index contributed by atoms with van der Waals surface area (Å²) in [4.78, 5) is 12.1. The highest BCUT2D eigenvalue weighted by molar-refractivity contribution is 9.10. The second kappa shape index (κ2) is 8.22. The molecular weight excluding hydrogens is 346 g/mol. The highest BCUT2D eigenvalue weighted by atomic mass is 79.9. The number of carbonyl (C=O) groups is 1. The molecule has 4 nitrogen and oxygen atoms in total. The van der Waals surface area contributed by atoms with Crippen molar-refractivity contribution in [2.45, 2.75) is 25.7 Å². The summed E-state index contributed by atoms with van der Waals surface area (Å²) >= 11 is 3.54. The minimum Gasteiger partial charge on any atom is -0.493 e. The lowest BCUT2D eigenvalue weighted by Crippen LogP contribution is -2.32. The summed E-state index contributed by atoms with van der Waals surface area (Å²) in [6.45, 7) is 0.618. The Kier molecular flexibility index (Phi) is 6.31. The molecule has 120 valence electrons. The Bertz CT molecular complexity index is 557. The molecule has 1 aliphatic rings. The number of ether oxygens (including phenoxy) is 2. The molecule has 0 fully saturated rings. The fraction of sp³-hybridized carbons (Fsp3) is 0.471. The zero-order chi connectivity index (χ0) is 15.9. The number of rotatable bonds is 6. The molecule has 0 radical (unpaired) electrons. The van der Waals surface area contributed by atoms with Crippen LogP contribution in [0, 0.1) is 5.92 Å². The molecule has 0 bridgehead atoms. The van der Waals surface area contributed by atoms with Gasteiger partial charge in [0.05, 0.1) is 14.2 Å². The van der Waals surface area contributed by atoms with Gasteiger partial charge in [0.25, 0.3) is 0 Å². The molecule has 0 saturated carbocycles. The van der Waals surface area contributed by atoms with Crippen LogP contribution in [0.4, 0.5) is 0 Å². The van der Waals surface area contributed by atoms with Gasteiger partial charge in [-0.2, -0.15) is 0 Å². The summed E-state index contributed by atoms with van der Waals surface area (Å²) in [6, 6.07) is 3.83. The Hall–Kier alpha value is -1.49. The van der Waals surface area contributed by atoms with Gasteiger partial charge >= 0.3 is 0 Å². The molecular formula is C17H22BrNO3. The van der Waals surface area contributed by atoms with Crippen molar-refractivity contribution in [3.8, 4) is 11.5 Å². The Morgan fingerprint density at radius 1 is 1.27 bits per heavy atom. The molecule has 0 saturated heterocycles. The van der Waals surface area contributed by atoms with Crippen LogP contribution < -0.4 is 14.8 Å². The van der Waals surface area contributed by atoms with Crippen molar-refractivity contribution in [3.63, 3.8) is 0 Å². The van der Waals surface area contributed by atoms with Crippen molar-refractivity contribution in [3.05, 3.63) is 34.3 Å². The predicted octanol–water partition coefficient (Wildman–Crippen LogP) is 3.48. The summed E-state index contributed by atoms with van der Waals surface area (Å²) in [7, 11) is 3.23. The monoisotopic (exact) mass is 367 g/mol. The van der Waals surface area contributed by atoms with E-state index in [2.05, 4.69) is 33.4 Å². The molecule has 0 spiro atoms. The first kappa shape index (κ1) is 16.9. The summed E-state index contributed by atoms with van der Waals surface area (Å²) in [5.41, 5.74) is 1.08. The van der Waals surface area contributed by atoms with E-state index in [4.69, 9.17) is 9.47 Å². The van der Waals surface area contributed by atoms with Gasteiger partial charge < -0.3 is 14.8 Å². The average molecular weight is 368 g/mol. The van der Waals surface area contributed by atoms with Crippen LogP contribution in [0.5, 0.6) is 11.5 Å².